The normalized spacial score (nSPS) is 13.6. The zero-order valence-corrected chi connectivity index (χ0v) is 13.1. The molecular formula is C16H14ClN3O2. The number of carbonyl (C=O) groups excluding carboxylic acids is 1. The first-order valence-electron chi connectivity index (χ1n) is 6.89. The summed E-state index contributed by atoms with van der Waals surface area (Å²) in [6, 6.07) is 5.52. The molecule has 2 heterocycles. The van der Waals surface area contributed by atoms with Crippen molar-refractivity contribution in [1.29, 1.82) is 5.26 Å². The number of carbonyl (C=O) groups is 1. The van der Waals surface area contributed by atoms with Gasteiger partial charge in [0, 0.05) is 49.1 Å². The van der Waals surface area contributed by atoms with Gasteiger partial charge in [-0.2, -0.15) is 5.26 Å². The molecule has 0 fully saturated rings. The third kappa shape index (κ3) is 2.26. The highest BCUT2D eigenvalue weighted by Gasteiger charge is 2.23. The summed E-state index contributed by atoms with van der Waals surface area (Å²) >= 11 is 6.53. The van der Waals surface area contributed by atoms with Gasteiger partial charge >= 0.3 is 0 Å². The first kappa shape index (κ1) is 14.6. The van der Waals surface area contributed by atoms with E-state index in [2.05, 4.69) is 11.1 Å². The molecule has 1 aromatic heterocycles. The Labute approximate surface area is 133 Å². The second kappa shape index (κ2) is 5.47. The number of nitriles is 1. The van der Waals surface area contributed by atoms with Crippen LogP contribution in [0.25, 0.3) is 10.9 Å². The standard InChI is InChI=1S/C16H14ClN3O2/c1-9(21)20-4-3-13-12(8-20)16(17)11-5-10(7-18)15(22-2)6-14(11)19-13/h5-6H,3-4,8H2,1-2H3. The molecular weight excluding hydrogens is 302 g/mol. The van der Waals surface area contributed by atoms with Gasteiger partial charge in [0.25, 0.3) is 0 Å². The maximum Gasteiger partial charge on any atom is 0.219 e. The number of pyridine rings is 1. The van der Waals surface area contributed by atoms with Crippen molar-refractivity contribution in [3.8, 4) is 11.8 Å². The highest BCUT2D eigenvalue weighted by atomic mass is 35.5. The quantitative estimate of drug-likeness (QED) is 0.811. The van der Waals surface area contributed by atoms with Gasteiger partial charge in [-0.1, -0.05) is 11.6 Å². The van der Waals surface area contributed by atoms with Gasteiger partial charge in [-0.05, 0) is 6.07 Å². The number of halogens is 1. The van der Waals surface area contributed by atoms with Gasteiger partial charge in [-0.15, -0.1) is 0 Å². The Morgan fingerprint density at radius 2 is 2.27 bits per heavy atom. The van der Waals surface area contributed by atoms with E-state index in [9.17, 15) is 10.1 Å². The van der Waals surface area contributed by atoms with Gasteiger partial charge in [0.2, 0.25) is 5.91 Å². The van der Waals surface area contributed by atoms with E-state index in [-0.39, 0.29) is 5.91 Å². The fourth-order valence-electron chi connectivity index (χ4n) is 2.74. The zero-order valence-electron chi connectivity index (χ0n) is 12.3. The van der Waals surface area contributed by atoms with Gasteiger partial charge in [0.1, 0.15) is 11.8 Å². The van der Waals surface area contributed by atoms with E-state index in [1.165, 1.54) is 7.11 Å². The van der Waals surface area contributed by atoms with Crippen molar-refractivity contribution in [2.45, 2.75) is 19.9 Å². The van der Waals surface area contributed by atoms with Gasteiger partial charge < -0.3 is 9.64 Å². The van der Waals surface area contributed by atoms with Crippen LogP contribution < -0.4 is 4.74 Å². The highest BCUT2D eigenvalue weighted by molar-refractivity contribution is 6.36. The first-order valence-corrected chi connectivity index (χ1v) is 7.27. The summed E-state index contributed by atoms with van der Waals surface area (Å²) in [4.78, 5) is 18.0. The predicted octanol–water partition coefficient (Wildman–Crippen LogP) is 2.67. The molecule has 3 rings (SSSR count). The number of fused-ring (bicyclic) bond motifs is 2. The Kier molecular flexibility index (Phi) is 3.63. The molecule has 0 atom stereocenters. The minimum atomic E-state index is 0.0225. The van der Waals surface area contributed by atoms with Crippen LogP contribution in [0.15, 0.2) is 12.1 Å². The number of ether oxygens (including phenoxy) is 1. The largest absolute Gasteiger partial charge is 0.495 e. The molecule has 0 unspecified atom stereocenters. The number of hydrogen-bond donors (Lipinski definition) is 0. The molecule has 0 saturated carbocycles. The van der Waals surface area contributed by atoms with Crippen molar-refractivity contribution in [2.75, 3.05) is 13.7 Å². The van der Waals surface area contributed by atoms with Gasteiger partial charge in [-0.25, -0.2) is 0 Å². The Balaban J connectivity index is 2.21. The smallest absolute Gasteiger partial charge is 0.219 e. The summed E-state index contributed by atoms with van der Waals surface area (Å²) in [5, 5.41) is 10.5. The number of benzene rings is 1. The lowest BCUT2D eigenvalue weighted by atomic mass is 10.0. The molecule has 0 radical (unpaired) electrons. The summed E-state index contributed by atoms with van der Waals surface area (Å²) in [6.45, 7) is 2.65. The van der Waals surface area contributed by atoms with Crippen LogP contribution in [0.1, 0.15) is 23.7 Å². The Morgan fingerprint density at radius 1 is 1.50 bits per heavy atom. The van der Waals surface area contributed by atoms with Crippen molar-refractivity contribution in [1.82, 2.24) is 9.88 Å². The van der Waals surface area contributed by atoms with Crippen LogP contribution in [-0.4, -0.2) is 29.4 Å². The van der Waals surface area contributed by atoms with E-state index in [1.807, 2.05) is 0 Å². The van der Waals surface area contributed by atoms with Crippen LogP contribution in [0.2, 0.25) is 5.02 Å². The second-order valence-electron chi connectivity index (χ2n) is 5.22. The Morgan fingerprint density at radius 3 is 2.91 bits per heavy atom. The SMILES string of the molecule is COc1cc2nc3c(c(Cl)c2cc1C#N)CN(C(C)=O)CC3. The maximum absolute atomic E-state index is 11.6. The summed E-state index contributed by atoms with van der Waals surface area (Å²) < 4.78 is 5.22. The number of methoxy groups -OCH3 is 1. The lowest BCUT2D eigenvalue weighted by Gasteiger charge is -2.28. The summed E-state index contributed by atoms with van der Waals surface area (Å²) in [7, 11) is 1.52. The third-order valence-corrected chi connectivity index (χ3v) is 4.39. The lowest BCUT2D eigenvalue weighted by molar-refractivity contribution is -0.129. The van der Waals surface area contributed by atoms with Crippen LogP contribution in [0, 0.1) is 11.3 Å². The molecule has 0 spiro atoms. The minimum Gasteiger partial charge on any atom is -0.495 e. The Bertz CT molecular complexity index is 826. The van der Waals surface area contributed by atoms with Crippen molar-refractivity contribution >= 4 is 28.4 Å². The van der Waals surface area contributed by atoms with E-state index in [0.29, 0.717) is 46.7 Å². The summed E-state index contributed by atoms with van der Waals surface area (Å²) in [5.41, 5.74) is 2.89. The molecule has 112 valence electrons. The average molecular weight is 316 g/mol. The number of aromatic nitrogens is 1. The summed E-state index contributed by atoms with van der Waals surface area (Å²) in [6.07, 6.45) is 0.674. The molecule has 0 aliphatic carbocycles. The average Bonchev–Trinajstić information content (AvgIpc) is 2.53. The molecule has 1 aliphatic rings. The molecule has 0 saturated heterocycles. The maximum atomic E-state index is 11.6. The van der Waals surface area contributed by atoms with E-state index >= 15 is 0 Å². The Hall–Kier alpha value is -2.32. The van der Waals surface area contributed by atoms with E-state index in [4.69, 9.17) is 16.3 Å². The number of amides is 1. The molecule has 1 amide bonds. The van der Waals surface area contributed by atoms with Gasteiger partial charge in [0.15, 0.2) is 0 Å². The predicted molar refractivity (Wildman–Crippen MR) is 82.8 cm³/mol. The van der Waals surface area contributed by atoms with Gasteiger partial charge in [-0.3, -0.25) is 9.78 Å². The molecule has 22 heavy (non-hydrogen) atoms. The van der Waals surface area contributed by atoms with E-state index in [1.54, 1.807) is 24.0 Å². The van der Waals surface area contributed by atoms with E-state index in [0.717, 1.165) is 11.3 Å². The van der Waals surface area contributed by atoms with Crippen molar-refractivity contribution in [3.05, 3.63) is 34.0 Å². The second-order valence-corrected chi connectivity index (χ2v) is 5.60. The molecule has 5 nitrogen and oxygen atoms in total. The lowest BCUT2D eigenvalue weighted by Crippen LogP contribution is -2.34. The fraction of sp³-hybridized carbons (Fsp3) is 0.312. The number of rotatable bonds is 1. The first-order chi connectivity index (χ1) is 10.5. The van der Waals surface area contributed by atoms with Crippen molar-refractivity contribution in [3.63, 3.8) is 0 Å². The zero-order chi connectivity index (χ0) is 15.9. The van der Waals surface area contributed by atoms with Crippen LogP contribution in [-0.2, 0) is 17.8 Å². The third-order valence-electron chi connectivity index (χ3n) is 3.96. The topological polar surface area (TPSA) is 66.2 Å². The van der Waals surface area contributed by atoms with Gasteiger partial charge in [0.05, 0.1) is 23.2 Å². The molecule has 1 aromatic carbocycles. The van der Waals surface area contributed by atoms with Crippen LogP contribution in [0.3, 0.4) is 0 Å². The highest BCUT2D eigenvalue weighted by Crippen LogP contribution is 2.35. The van der Waals surface area contributed by atoms with Crippen molar-refractivity contribution in [2.24, 2.45) is 0 Å². The van der Waals surface area contributed by atoms with Crippen LogP contribution in [0.5, 0.6) is 5.75 Å². The number of nitrogens with zero attached hydrogens (tertiary/aromatic N) is 3. The molecule has 2 aromatic rings. The minimum absolute atomic E-state index is 0.0225. The molecule has 0 bridgehead atoms. The fourth-order valence-corrected chi connectivity index (χ4v) is 3.06. The monoisotopic (exact) mass is 315 g/mol. The van der Waals surface area contributed by atoms with E-state index < -0.39 is 0 Å². The molecule has 0 N–H and O–H groups in total. The van der Waals surface area contributed by atoms with Crippen molar-refractivity contribution < 1.29 is 9.53 Å². The number of hydrogen-bond acceptors (Lipinski definition) is 4. The summed E-state index contributed by atoms with van der Waals surface area (Å²) in [5.74, 6) is 0.508. The molecule has 1 aliphatic heterocycles. The molecule has 6 heteroatoms. The van der Waals surface area contributed by atoms with Crippen LogP contribution >= 0.6 is 11.6 Å². The van der Waals surface area contributed by atoms with Crippen LogP contribution in [0.4, 0.5) is 0 Å².